The minimum Gasteiger partial charge on any atom is -0.370 e. The smallest absolute Gasteiger partial charge is 0.221 e. The number of carbonyl (C=O) groups is 2. The molecule has 0 spiro atoms. The van der Waals surface area contributed by atoms with Crippen LogP contribution in [0.15, 0.2) is 49.1 Å². The van der Waals surface area contributed by atoms with E-state index in [1.54, 1.807) is 17.1 Å². The third kappa shape index (κ3) is 4.15. The molecule has 8 nitrogen and oxygen atoms in total. The largest absolute Gasteiger partial charge is 0.370 e. The summed E-state index contributed by atoms with van der Waals surface area (Å²) in [4.78, 5) is 26.4. The number of anilines is 1. The van der Waals surface area contributed by atoms with Crippen LogP contribution in [0.25, 0.3) is 17.1 Å². The number of amides is 2. The lowest BCUT2D eigenvalue weighted by Crippen LogP contribution is -2.11. The number of aromatic nitrogens is 4. The zero-order valence-corrected chi connectivity index (χ0v) is 14.4. The number of nitrogens with one attached hydrogen (secondary N) is 1. The maximum absolute atomic E-state index is 11.1. The number of imidazole rings is 1. The summed E-state index contributed by atoms with van der Waals surface area (Å²) in [5, 5.41) is 7.06. The van der Waals surface area contributed by atoms with Crippen molar-refractivity contribution >= 4 is 17.5 Å². The molecule has 8 heteroatoms. The van der Waals surface area contributed by atoms with E-state index in [9.17, 15) is 9.59 Å². The van der Waals surface area contributed by atoms with Crippen molar-refractivity contribution in [3.63, 3.8) is 0 Å². The van der Waals surface area contributed by atoms with Crippen molar-refractivity contribution in [2.24, 2.45) is 5.73 Å². The zero-order valence-electron chi connectivity index (χ0n) is 14.4. The van der Waals surface area contributed by atoms with E-state index in [2.05, 4.69) is 15.4 Å². The Morgan fingerprint density at radius 1 is 1.23 bits per heavy atom. The molecular formula is C18H20N6O2. The van der Waals surface area contributed by atoms with E-state index in [0.29, 0.717) is 19.4 Å². The fraction of sp³-hybridized carbons (Fsp3) is 0.222. The van der Waals surface area contributed by atoms with E-state index in [1.807, 2.05) is 41.2 Å². The predicted octanol–water partition coefficient (Wildman–Crippen LogP) is 1.96. The monoisotopic (exact) mass is 352 g/mol. The summed E-state index contributed by atoms with van der Waals surface area (Å²) in [5.74, 6) is 0.357. The van der Waals surface area contributed by atoms with Gasteiger partial charge in [0.1, 0.15) is 5.82 Å². The Balaban J connectivity index is 1.77. The number of nitrogens with two attached hydrogens (primary N) is 1. The molecule has 0 aliphatic heterocycles. The second-order valence-corrected chi connectivity index (χ2v) is 5.91. The van der Waals surface area contributed by atoms with Crippen LogP contribution in [-0.2, 0) is 16.1 Å². The molecule has 0 fully saturated rings. The zero-order chi connectivity index (χ0) is 18.5. The van der Waals surface area contributed by atoms with E-state index in [1.165, 1.54) is 6.92 Å². The molecule has 0 aliphatic carbocycles. The number of aryl methyl sites for hydroxylation is 1. The number of hydrogen-bond donors (Lipinski definition) is 2. The topological polar surface area (TPSA) is 108 Å². The molecule has 0 atom stereocenters. The van der Waals surface area contributed by atoms with Crippen LogP contribution in [0.2, 0.25) is 0 Å². The summed E-state index contributed by atoms with van der Waals surface area (Å²) in [5.41, 5.74) is 7.69. The van der Waals surface area contributed by atoms with Crippen LogP contribution in [0.4, 0.5) is 5.69 Å². The van der Waals surface area contributed by atoms with E-state index in [4.69, 9.17) is 5.73 Å². The molecule has 3 rings (SSSR count). The van der Waals surface area contributed by atoms with Gasteiger partial charge in [0.2, 0.25) is 11.8 Å². The predicted molar refractivity (Wildman–Crippen MR) is 97.5 cm³/mol. The van der Waals surface area contributed by atoms with Gasteiger partial charge < -0.3 is 11.1 Å². The van der Waals surface area contributed by atoms with Gasteiger partial charge in [-0.2, -0.15) is 5.10 Å². The second kappa shape index (κ2) is 7.64. The van der Waals surface area contributed by atoms with Crippen molar-refractivity contribution in [1.82, 2.24) is 19.3 Å². The van der Waals surface area contributed by atoms with Gasteiger partial charge in [-0.3, -0.25) is 18.8 Å². The van der Waals surface area contributed by atoms with Crippen molar-refractivity contribution in [2.45, 2.75) is 26.3 Å². The van der Waals surface area contributed by atoms with Crippen molar-refractivity contribution < 1.29 is 9.59 Å². The summed E-state index contributed by atoms with van der Waals surface area (Å²) in [6.45, 7) is 2.10. The Hall–Kier alpha value is -3.42. The summed E-state index contributed by atoms with van der Waals surface area (Å²) < 4.78 is 3.72. The van der Waals surface area contributed by atoms with Gasteiger partial charge >= 0.3 is 0 Å². The van der Waals surface area contributed by atoms with Gasteiger partial charge in [0.15, 0.2) is 0 Å². The fourth-order valence-corrected chi connectivity index (χ4v) is 2.65. The highest BCUT2D eigenvalue weighted by Gasteiger charge is 2.10. The first-order valence-electron chi connectivity index (χ1n) is 8.25. The van der Waals surface area contributed by atoms with Crippen LogP contribution in [0.1, 0.15) is 19.8 Å². The second-order valence-electron chi connectivity index (χ2n) is 5.91. The Morgan fingerprint density at radius 2 is 2.00 bits per heavy atom. The number of carbonyl (C=O) groups excluding carboxylic acids is 2. The molecule has 0 bridgehead atoms. The van der Waals surface area contributed by atoms with Crippen LogP contribution >= 0.6 is 0 Å². The molecule has 2 aromatic heterocycles. The number of rotatable bonds is 7. The molecule has 26 heavy (non-hydrogen) atoms. The van der Waals surface area contributed by atoms with E-state index in [-0.39, 0.29) is 11.8 Å². The van der Waals surface area contributed by atoms with Crippen molar-refractivity contribution in [3.8, 4) is 17.1 Å². The lowest BCUT2D eigenvalue weighted by Gasteiger charge is -2.07. The van der Waals surface area contributed by atoms with Crippen molar-refractivity contribution in [1.29, 1.82) is 0 Å². The van der Waals surface area contributed by atoms with Gasteiger partial charge in [0, 0.05) is 49.7 Å². The molecule has 134 valence electrons. The quantitative estimate of drug-likeness (QED) is 0.677. The number of nitrogens with zero attached hydrogens (tertiary/aromatic N) is 4. The standard InChI is InChI=1S/C18H20N6O2/c1-13(25)22-15-6-4-14(5-7-15)18-20-8-10-24(18)16-11-21-23(12-16)9-2-3-17(19)26/h4-8,10-12H,2-3,9H2,1H3,(H2,19,26)(H,22,25). The van der Waals surface area contributed by atoms with Crippen molar-refractivity contribution in [3.05, 3.63) is 49.1 Å². The Labute approximate surface area is 150 Å². The van der Waals surface area contributed by atoms with Crippen LogP contribution in [0.5, 0.6) is 0 Å². The van der Waals surface area contributed by atoms with E-state index < -0.39 is 0 Å². The minimum absolute atomic E-state index is 0.108. The number of benzene rings is 1. The Bertz CT molecular complexity index is 910. The highest BCUT2D eigenvalue weighted by atomic mass is 16.1. The summed E-state index contributed by atoms with van der Waals surface area (Å²) in [7, 11) is 0. The first kappa shape index (κ1) is 17.4. The third-order valence-corrected chi connectivity index (χ3v) is 3.81. The molecule has 2 heterocycles. The first-order chi connectivity index (χ1) is 12.5. The lowest BCUT2D eigenvalue weighted by atomic mass is 10.2. The van der Waals surface area contributed by atoms with Gasteiger partial charge in [0.25, 0.3) is 0 Å². The molecule has 3 aromatic rings. The van der Waals surface area contributed by atoms with E-state index >= 15 is 0 Å². The van der Waals surface area contributed by atoms with Crippen LogP contribution in [-0.4, -0.2) is 31.1 Å². The van der Waals surface area contributed by atoms with E-state index in [0.717, 1.165) is 22.8 Å². The van der Waals surface area contributed by atoms with Crippen LogP contribution in [0, 0.1) is 0 Å². The minimum atomic E-state index is -0.308. The summed E-state index contributed by atoms with van der Waals surface area (Å²) >= 11 is 0. The normalized spacial score (nSPS) is 10.7. The molecule has 0 aliphatic rings. The maximum atomic E-state index is 11.1. The highest BCUT2D eigenvalue weighted by molar-refractivity contribution is 5.88. The molecule has 0 unspecified atom stereocenters. The fourth-order valence-electron chi connectivity index (χ4n) is 2.65. The number of hydrogen-bond acceptors (Lipinski definition) is 4. The highest BCUT2D eigenvalue weighted by Crippen LogP contribution is 2.23. The molecule has 0 saturated heterocycles. The van der Waals surface area contributed by atoms with Gasteiger partial charge in [-0.05, 0) is 30.7 Å². The average Bonchev–Trinajstić information content (AvgIpc) is 3.23. The molecule has 0 saturated carbocycles. The van der Waals surface area contributed by atoms with Gasteiger partial charge in [-0.15, -0.1) is 0 Å². The molecular weight excluding hydrogens is 332 g/mol. The molecule has 1 aromatic carbocycles. The molecule has 2 amide bonds. The van der Waals surface area contributed by atoms with Crippen molar-refractivity contribution in [2.75, 3.05) is 5.32 Å². The molecule has 3 N–H and O–H groups in total. The third-order valence-electron chi connectivity index (χ3n) is 3.81. The number of primary amides is 1. The summed E-state index contributed by atoms with van der Waals surface area (Å²) in [6, 6.07) is 7.48. The SMILES string of the molecule is CC(=O)Nc1ccc(-c2nccn2-c2cnn(CCCC(N)=O)c2)cc1. The Morgan fingerprint density at radius 3 is 2.69 bits per heavy atom. The van der Waals surface area contributed by atoms with Crippen LogP contribution < -0.4 is 11.1 Å². The maximum Gasteiger partial charge on any atom is 0.221 e. The van der Waals surface area contributed by atoms with Gasteiger partial charge in [0.05, 0.1) is 11.9 Å². The average molecular weight is 352 g/mol. The van der Waals surface area contributed by atoms with Crippen LogP contribution in [0.3, 0.4) is 0 Å². The van der Waals surface area contributed by atoms with Gasteiger partial charge in [-0.1, -0.05) is 0 Å². The summed E-state index contributed by atoms with van der Waals surface area (Å²) in [6.07, 6.45) is 8.23. The lowest BCUT2D eigenvalue weighted by molar-refractivity contribution is -0.118. The van der Waals surface area contributed by atoms with Gasteiger partial charge in [-0.25, -0.2) is 4.98 Å². The Kier molecular flexibility index (Phi) is 5.12. The molecule has 0 radical (unpaired) electrons. The first-order valence-corrected chi connectivity index (χ1v) is 8.25.